The molecular formula is C17H17N3O. The molecule has 0 spiro atoms. The summed E-state index contributed by atoms with van der Waals surface area (Å²) in [5.41, 5.74) is 5.20. The molecule has 0 fully saturated rings. The predicted octanol–water partition coefficient (Wildman–Crippen LogP) is 3.56. The summed E-state index contributed by atoms with van der Waals surface area (Å²) < 4.78 is 7.35. The standard InChI is InChI=1S/C17H17N3O/c1-12-4-5-14(11-17(12)21-3)16-10-13(2)19-20(16)15-6-8-18-9-7-15/h4-11H,1-3H3. The Hall–Kier alpha value is -2.62. The monoisotopic (exact) mass is 279 g/mol. The minimum absolute atomic E-state index is 0.882. The minimum atomic E-state index is 0.882. The lowest BCUT2D eigenvalue weighted by atomic mass is 10.1. The van der Waals surface area contributed by atoms with Crippen molar-refractivity contribution in [3.63, 3.8) is 0 Å². The van der Waals surface area contributed by atoms with Gasteiger partial charge in [0.15, 0.2) is 0 Å². The molecule has 0 radical (unpaired) electrons. The van der Waals surface area contributed by atoms with E-state index < -0.39 is 0 Å². The normalized spacial score (nSPS) is 10.6. The van der Waals surface area contributed by atoms with Crippen molar-refractivity contribution in [3.8, 4) is 22.7 Å². The SMILES string of the molecule is COc1cc(-c2cc(C)nn2-c2ccncc2)ccc1C. The molecule has 106 valence electrons. The van der Waals surface area contributed by atoms with Crippen LogP contribution in [-0.2, 0) is 0 Å². The van der Waals surface area contributed by atoms with Gasteiger partial charge in [0.1, 0.15) is 5.75 Å². The zero-order valence-corrected chi connectivity index (χ0v) is 12.4. The van der Waals surface area contributed by atoms with Crippen LogP contribution in [-0.4, -0.2) is 21.9 Å². The van der Waals surface area contributed by atoms with E-state index in [2.05, 4.69) is 28.3 Å². The average molecular weight is 279 g/mol. The number of benzene rings is 1. The zero-order valence-electron chi connectivity index (χ0n) is 12.4. The summed E-state index contributed by atoms with van der Waals surface area (Å²) in [6.07, 6.45) is 3.54. The van der Waals surface area contributed by atoms with Gasteiger partial charge in [-0.25, -0.2) is 4.68 Å². The van der Waals surface area contributed by atoms with Gasteiger partial charge in [0.05, 0.1) is 24.2 Å². The van der Waals surface area contributed by atoms with Crippen LogP contribution < -0.4 is 4.74 Å². The molecule has 0 atom stereocenters. The third-order valence-corrected chi connectivity index (χ3v) is 3.44. The molecule has 0 aliphatic carbocycles. The molecule has 0 saturated heterocycles. The van der Waals surface area contributed by atoms with Crippen LogP contribution in [0.2, 0.25) is 0 Å². The van der Waals surface area contributed by atoms with Crippen molar-refractivity contribution in [1.82, 2.24) is 14.8 Å². The lowest BCUT2D eigenvalue weighted by Crippen LogP contribution is -1.99. The third-order valence-electron chi connectivity index (χ3n) is 3.44. The zero-order chi connectivity index (χ0) is 14.8. The quantitative estimate of drug-likeness (QED) is 0.736. The van der Waals surface area contributed by atoms with Crippen LogP contribution in [0.4, 0.5) is 0 Å². The first-order valence-corrected chi connectivity index (χ1v) is 6.81. The number of methoxy groups -OCH3 is 1. The van der Waals surface area contributed by atoms with E-state index in [4.69, 9.17) is 4.74 Å². The Morgan fingerprint density at radius 2 is 1.76 bits per heavy atom. The summed E-state index contributed by atoms with van der Waals surface area (Å²) in [5.74, 6) is 0.882. The van der Waals surface area contributed by atoms with Gasteiger partial charge in [-0.05, 0) is 43.7 Å². The molecule has 0 aliphatic heterocycles. The van der Waals surface area contributed by atoms with Gasteiger partial charge in [-0.3, -0.25) is 4.98 Å². The maximum absolute atomic E-state index is 5.42. The Labute approximate surface area is 124 Å². The van der Waals surface area contributed by atoms with Gasteiger partial charge in [0, 0.05) is 18.0 Å². The van der Waals surface area contributed by atoms with E-state index in [-0.39, 0.29) is 0 Å². The molecule has 4 heteroatoms. The van der Waals surface area contributed by atoms with Crippen LogP contribution in [0.3, 0.4) is 0 Å². The Morgan fingerprint density at radius 1 is 1.00 bits per heavy atom. The Bertz CT molecular complexity index is 763. The summed E-state index contributed by atoms with van der Waals surface area (Å²) in [5, 5.41) is 4.58. The maximum Gasteiger partial charge on any atom is 0.122 e. The van der Waals surface area contributed by atoms with E-state index in [1.807, 2.05) is 36.7 Å². The molecular weight excluding hydrogens is 262 g/mol. The van der Waals surface area contributed by atoms with E-state index in [0.717, 1.165) is 34.0 Å². The molecule has 4 nitrogen and oxygen atoms in total. The molecule has 21 heavy (non-hydrogen) atoms. The fourth-order valence-corrected chi connectivity index (χ4v) is 2.37. The van der Waals surface area contributed by atoms with Gasteiger partial charge in [0.25, 0.3) is 0 Å². The number of aryl methyl sites for hydroxylation is 2. The molecule has 0 N–H and O–H groups in total. The maximum atomic E-state index is 5.42. The lowest BCUT2D eigenvalue weighted by molar-refractivity contribution is 0.412. The first-order chi connectivity index (χ1) is 10.2. The number of aromatic nitrogens is 3. The van der Waals surface area contributed by atoms with Crippen molar-refractivity contribution >= 4 is 0 Å². The highest BCUT2D eigenvalue weighted by Gasteiger charge is 2.11. The van der Waals surface area contributed by atoms with E-state index in [1.165, 1.54) is 0 Å². The van der Waals surface area contributed by atoms with Crippen molar-refractivity contribution < 1.29 is 4.74 Å². The van der Waals surface area contributed by atoms with Crippen molar-refractivity contribution in [2.24, 2.45) is 0 Å². The van der Waals surface area contributed by atoms with Gasteiger partial charge in [-0.1, -0.05) is 12.1 Å². The molecule has 3 rings (SSSR count). The van der Waals surface area contributed by atoms with E-state index >= 15 is 0 Å². The predicted molar refractivity (Wildman–Crippen MR) is 82.8 cm³/mol. The van der Waals surface area contributed by atoms with Crippen molar-refractivity contribution in [1.29, 1.82) is 0 Å². The second kappa shape index (κ2) is 5.40. The van der Waals surface area contributed by atoms with Crippen molar-refractivity contribution in [3.05, 3.63) is 60.0 Å². The van der Waals surface area contributed by atoms with E-state index in [9.17, 15) is 0 Å². The molecule has 0 unspecified atom stereocenters. The number of pyridine rings is 1. The minimum Gasteiger partial charge on any atom is -0.496 e. The van der Waals surface area contributed by atoms with Crippen molar-refractivity contribution in [2.45, 2.75) is 13.8 Å². The topological polar surface area (TPSA) is 39.9 Å². The first kappa shape index (κ1) is 13.4. The van der Waals surface area contributed by atoms with Crippen LogP contribution in [0.5, 0.6) is 5.75 Å². The number of hydrogen-bond acceptors (Lipinski definition) is 3. The molecule has 1 aromatic carbocycles. The van der Waals surface area contributed by atoms with Crippen LogP contribution in [0, 0.1) is 13.8 Å². The van der Waals surface area contributed by atoms with Crippen LogP contribution in [0.25, 0.3) is 16.9 Å². The first-order valence-electron chi connectivity index (χ1n) is 6.81. The fourth-order valence-electron chi connectivity index (χ4n) is 2.37. The lowest BCUT2D eigenvalue weighted by Gasteiger charge is -2.10. The Kier molecular flexibility index (Phi) is 3.44. The molecule has 0 aliphatic rings. The molecule has 2 heterocycles. The summed E-state index contributed by atoms with van der Waals surface area (Å²) in [7, 11) is 1.69. The number of hydrogen-bond donors (Lipinski definition) is 0. The number of ether oxygens (including phenoxy) is 1. The van der Waals surface area contributed by atoms with Gasteiger partial charge >= 0.3 is 0 Å². The highest BCUT2D eigenvalue weighted by atomic mass is 16.5. The summed E-state index contributed by atoms with van der Waals surface area (Å²) in [6.45, 7) is 4.03. The summed E-state index contributed by atoms with van der Waals surface area (Å²) in [6, 6.07) is 12.2. The average Bonchev–Trinajstić information content (AvgIpc) is 2.90. The van der Waals surface area contributed by atoms with Gasteiger partial charge in [-0.2, -0.15) is 5.10 Å². The second-order valence-corrected chi connectivity index (χ2v) is 4.97. The van der Waals surface area contributed by atoms with Crippen LogP contribution >= 0.6 is 0 Å². The molecule has 2 aromatic heterocycles. The molecule has 0 bridgehead atoms. The third kappa shape index (κ3) is 2.52. The van der Waals surface area contributed by atoms with E-state index in [0.29, 0.717) is 0 Å². The molecule has 3 aromatic rings. The second-order valence-electron chi connectivity index (χ2n) is 4.97. The fraction of sp³-hybridized carbons (Fsp3) is 0.176. The number of nitrogens with zero attached hydrogens (tertiary/aromatic N) is 3. The van der Waals surface area contributed by atoms with Crippen LogP contribution in [0.15, 0.2) is 48.8 Å². The highest BCUT2D eigenvalue weighted by Crippen LogP contribution is 2.28. The molecule has 0 saturated carbocycles. The largest absolute Gasteiger partial charge is 0.496 e. The summed E-state index contributed by atoms with van der Waals surface area (Å²) in [4.78, 5) is 4.06. The van der Waals surface area contributed by atoms with Gasteiger partial charge < -0.3 is 4.74 Å². The Morgan fingerprint density at radius 3 is 2.48 bits per heavy atom. The Balaban J connectivity index is 2.15. The molecule has 0 amide bonds. The van der Waals surface area contributed by atoms with Crippen LogP contribution in [0.1, 0.15) is 11.3 Å². The number of rotatable bonds is 3. The van der Waals surface area contributed by atoms with E-state index in [1.54, 1.807) is 19.5 Å². The smallest absolute Gasteiger partial charge is 0.122 e. The summed E-state index contributed by atoms with van der Waals surface area (Å²) >= 11 is 0. The van der Waals surface area contributed by atoms with Crippen molar-refractivity contribution in [2.75, 3.05) is 7.11 Å². The van der Waals surface area contributed by atoms with Gasteiger partial charge in [0.2, 0.25) is 0 Å². The van der Waals surface area contributed by atoms with Gasteiger partial charge in [-0.15, -0.1) is 0 Å². The highest BCUT2D eigenvalue weighted by molar-refractivity contribution is 5.65.